The Morgan fingerprint density at radius 3 is 2.37 bits per heavy atom. The first kappa shape index (κ1) is 13.5. The van der Waals surface area contributed by atoms with Crippen molar-refractivity contribution < 1.29 is 8.78 Å². The molecule has 0 spiro atoms. The topological polar surface area (TPSA) is 55.6 Å². The predicted octanol–water partition coefficient (Wildman–Crippen LogP) is 1.83. The van der Waals surface area contributed by atoms with Gasteiger partial charge in [-0.2, -0.15) is 4.68 Å². The second-order valence-electron chi connectivity index (χ2n) is 5.24. The van der Waals surface area contributed by atoms with E-state index in [1.807, 2.05) is 20.8 Å². The van der Waals surface area contributed by atoms with Gasteiger partial charge in [0.2, 0.25) is 0 Å². The molecule has 0 aliphatic carbocycles. The summed E-state index contributed by atoms with van der Waals surface area (Å²) in [6.45, 7) is 6.41. The molecule has 2 rings (SSSR count). The molecule has 7 heteroatoms. The van der Waals surface area contributed by atoms with E-state index in [9.17, 15) is 8.78 Å². The highest BCUT2D eigenvalue weighted by molar-refractivity contribution is 5.32. The Labute approximate surface area is 109 Å². The average Bonchev–Trinajstić information content (AvgIpc) is 2.72. The monoisotopic (exact) mass is 267 g/mol. The lowest BCUT2D eigenvalue weighted by atomic mass is 10.1. The Bertz CT molecular complexity index is 553. The largest absolute Gasteiger partial charge is 0.305 e. The van der Waals surface area contributed by atoms with Gasteiger partial charge >= 0.3 is 0 Å². The van der Waals surface area contributed by atoms with E-state index >= 15 is 0 Å². The highest BCUT2D eigenvalue weighted by Crippen LogP contribution is 2.13. The van der Waals surface area contributed by atoms with Crippen LogP contribution in [0.25, 0.3) is 5.69 Å². The van der Waals surface area contributed by atoms with Crippen molar-refractivity contribution in [3.63, 3.8) is 0 Å². The third kappa shape index (κ3) is 3.54. The van der Waals surface area contributed by atoms with Gasteiger partial charge in [-0.1, -0.05) is 0 Å². The van der Waals surface area contributed by atoms with Crippen LogP contribution in [0.4, 0.5) is 8.78 Å². The molecular weight excluding hydrogens is 252 g/mol. The molecule has 0 aliphatic heterocycles. The van der Waals surface area contributed by atoms with E-state index in [1.165, 1.54) is 16.8 Å². The molecule has 1 aromatic carbocycles. The second-order valence-corrected chi connectivity index (χ2v) is 5.24. The van der Waals surface area contributed by atoms with E-state index in [1.54, 1.807) is 0 Å². The van der Waals surface area contributed by atoms with Gasteiger partial charge < -0.3 is 5.32 Å². The van der Waals surface area contributed by atoms with Crippen LogP contribution in [0.3, 0.4) is 0 Å². The molecule has 102 valence electrons. The van der Waals surface area contributed by atoms with Gasteiger partial charge in [0, 0.05) is 11.6 Å². The van der Waals surface area contributed by atoms with E-state index in [0.29, 0.717) is 12.4 Å². The minimum absolute atomic E-state index is 0.107. The third-order valence-electron chi connectivity index (χ3n) is 2.40. The van der Waals surface area contributed by atoms with Crippen LogP contribution in [0.2, 0.25) is 0 Å². The molecule has 1 N–H and O–H groups in total. The van der Waals surface area contributed by atoms with Gasteiger partial charge in [0.15, 0.2) is 5.82 Å². The number of halogens is 2. The summed E-state index contributed by atoms with van der Waals surface area (Å²) in [4.78, 5) is 0. The Morgan fingerprint density at radius 2 is 1.79 bits per heavy atom. The standard InChI is InChI=1S/C12H15F2N5/c1-12(2,3)15-7-11-16-17-18-19(11)10-5-8(13)4-9(14)6-10/h4-6,15H,7H2,1-3H3. The summed E-state index contributed by atoms with van der Waals surface area (Å²) >= 11 is 0. The van der Waals surface area contributed by atoms with E-state index in [-0.39, 0.29) is 11.2 Å². The number of nitrogens with one attached hydrogen (secondary N) is 1. The Balaban J connectivity index is 2.28. The molecule has 1 aromatic heterocycles. The van der Waals surface area contributed by atoms with Gasteiger partial charge in [-0.05, 0) is 43.3 Å². The van der Waals surface area contributed by atoms with Crippen LogP contribution in [0.5, 0.6) is 0 Å². The molecule has 1 heterocycles. The van der Waals surface area contributed by atoms with Gasteiger partial charge in [0.25, 0.3) is 0 Å². The van der Waals surface area contributed by atoms with Crippen molar-refractivity contribution in [1.29, 1.82) is 0 Å². The number of hydrogen-bond acceptors (Lipinski definition) is 4. The van der Waals surface area contributed by atoms with E-state index < -0.39 is 11.6 Å². The molecule has 0 amide bonds. The second kappa shape index (κ2) is 5.00. The maximum atomic E-state index is 13.2. The number of benzene rings is 1. The van der Waals surface area contributed by atoms with Crippen LogP contribution in [-0.2, 0) is 6.54 Å². The van der Waals surface area contributed by atoms with Gasteiger partial charge in [-0.3, -0.25) is 0 Å². The van der Waals surface area contributed by atoms with Crippen LogP contribution in [0.1, 0.15) is 26.6 Å². The summed E-state index contributed by atoms with van der Waals surface area (Å²) in [7, 11) is 0. The first-order chi connectivity index (χ1) is 8.85. The number of aromatic nitrogens is 4. The van der Waals surface area contributed by atoms with Crippen LogP contribution in [0, 0.1) is 11.6 Å². The molecule has 5 nitrogen and oxygen atoms in total. The fourth-order valence-electron chi connectivity index (χ4n) is 1.52. The minimum atomic E-state index is -0.666. The van der Waals surface area contributed by atoms with Crippen molar-refractivity contribution in [2.75, 3.05) is 0 Å². The van der Waals surface area contributed by atoms with Crippen molar-refractivity contribution in [2.45, 2.75) is 32.9 Å². The zero-order chi connectivity index (χ0) is 14.0. The quantitative estimate of drug-likeness (QED) is 0.921. The number of hydrogen-bond donors (Lipinski definition) is 1. The average molecular weight is 267 g/mol. The summed E-state index contributed by atoms with van der Waals surface area (Å²) in [5.41, 5.74) is 0.150. The SMILES string of the molecule is CC(C)(C)NCc1nnnn1-c1cc(F)cc(F)c1. The van der Waals surface area contributed by atoms with E-state index in [4.69, 9.17) is 0 Å². The molecule has 2 aromatic rings. The predicted molar refractivity (Wildman–Crippen MR) is 65.7 cm³/mol. The van der Waals surface area contributed by atoms with E-state index in [2.05, 4.69) is 20.8 Å². The fourth-order valence-corrected chi connectivity index (χ4v) is 1.52. The van der Waals surface area contributed by atoms with Crippen LogP contribution in [0.15, 0.2) is 18.2 Å². The lowest BCUT2D eigenvalue weighted by molar-refractivity contribution is 0.415. The summed E-state index contributed by atoms with van der Waals surface area (Å²) in [5.74, 6) is -0.847. The maximum Gasteiger partial charge on any atom is 0.170 e. The summed E-state index contributed by atoms with van der Waals surface area (Å²) < 4.78 is 27.7. The first-order valence-corrected chi connectivity index (χ1v) is 5.84. The maximum absolute atomic E-state index is 13.2. The zero-order valence-corrected chi connectivity index (χ0v) is 11.0. The van der Waals surface area contributed by atoms with Crippen molar-refractivity contribution in [1.82, 2.24) is 25.5 Å². The van der Waals surface area contributed by atoms with E-state index in [0.717, 1.165) is 6.07 Å². The molecule has 0 atom stereocenters. The lowest BCUT2D eigenvalue weighted by Gasteiger charge is -2.19. The van der Waals surface area contributed by atoms with Crippen LogP contribution < -0.4 is 5.32 Å². The van der Waals surface area contributed by atoms with Crippen molar-refractivity contribution in [3.8, 4) is 5.69 Å². The molecule has 0 fully saturated rings. The zero-order valence-electron chi connectivity index (χ0n) is 11.0. The molecule has 0 bridgehead atoms. The number of rotatable bonds is 3. The third-order valence-corrected chi connectivity index (χ3v) is 2.40. The molecule has 0 radical (unpaired) electrons. The summed E-state index contributed by atoms with van der Waals surface area (Å²) in [6.07, 6.45) is 0. The van der Waals surface area contributed by atoms with Crippen molar-refractivity contribution in [2.24, 2.45) is 0 Å². The minimum Gasteiger partial charge on any atom is -0.305 e. The van der Waals surface area contributed by atoms with Crippen LogP contribution >= 0.6 is 0 Å². The smallest absolute Gasteiger partial charge is 0.170 e. The van der Waals surface area contributed by atoms with Gasteiger partial charge in [0.1, 0.15) is 11.6 Å². The first-order valence-electron chi connectivity index (χ1n) is 5.84. The lowest BCUT2D eigenvalue weighted by Crippen LogP contribution is -2.35. The fraction of sp³-hybridized carbons (Fsp3) is 0.417. The summed E-state index contributed by atoms with van der Waals surface area (Å²) in [5, 5.41) is 14.4. The highest BCUT2D eigenvalue weighted by atomic mass is 19.1. The highest BCUT2D eigenvalue weighted by Gasteiger charge is 2.14. The Morgan fingerprint density at radius 1 is 1.16 bits per heavy atom. The van der Waals surface area contributed by atoms with Gasteiger partial charge in [-0.25, -0.2) is 8.78 Å². The Kier molecular flexibility index (Phi) is 3.57. The Hall–Kier alpha value is -1.89. The van der Waals surface area contributed by atoms with Crippen molar-refractivity contribution >= 4 is 0 Å². The molecule has 0 saturated heterocycles. The van der Waals surface area contributed by atoms with Crippen LogP contribution in [-0.4, -0.2) is 25.7 Å². The number of nitrogens with zero attached hydrogens (tertiary/aromatic N) is 4. The van der Waals surface area contributed by atoms with Crippen molar-refractivity contribution in [3.05, 3.63) is 35.7 Å². The van der Waals surface area contributed by atoms with Gasteiger partial charge in [0.05, 0.1) is 12.2 Å². The molecule has 0 unspecified atom stereocenters. The molecule has 0 saturated carbocycles. The molecule has 19 heavy (non-hydrogen) atoms. The molecule has 0 aliphatic rings. The molecular formula is C12H15F2N5. The number of tetrazole rings is 1. The summed E-state index contributed by atoms with van der Waals surface area (Å²) in [6, 6.07) is 3.17. The van der Waals surface area contributed by atoms with Gasteiger partial charge in [-0.15, -0.1) is 5.10 Å². The normalized spacial score (nSPS) is 11.8.